The van der Waals surface area contributed by atoms with Gasteiger partial charge in [-0.1, -0.05) is 61.9 Å². The van der Waals surface area contributed by atoms with Crippen LogP contribution in [0.25, 0.3) is 0 Å². The van der Waals surface area contributed by atoms with Crippen LogP contribution in [0.5, 0.6) is 0 Å². The average molecular weight is 318 g/mol. The molecule has 1 atom stereocenters. The number of hydrogen-bond acceptors (Lipinski definition) is 4. The Morgan fingerprint density at radius 3 is 2.70 bits per heavy atom. The standard InChI is InChI=1S/C19H26O4/c1-3-4-6-12-19(13-9-14-22-17(2)20)23-16-21-15-18-10-7-5-8-11-18/h5,7-8,10-11,19H,3-4,6,12,14-16H2,1-2H3. The van der Waals surface area contributed by atoms with E-state index < -0.39 is 0 Å². The van der Waals surface area contributed by atoms with E-state index in [0.29, 0.717) is 6.61 Å². The summed E-state index contributed by atoms with van der Waals surface area (Å²) in [7, 11) is 0. The summed E-state index contributed by atoms with van der Waals surface area (Å²) in [6.45, 7) is 4.35. The molecule has 0 fully saturated rings. The fourth-order valence-electron chi connectivity index (χ4n) is 1.93. The van der Waals surface area contributed by atoms with Crippen molar-refractivity contribution in [1.82, 2.24) is 0 Å². The Kier molecular flexibility index (Phi) is 10.6. The first-order valence-corrected chi connectivity index (χ1v) is 8.07. The lowest BCUT2D eigenvalue weighted by molar-refractivity contribution is -0.139. The molecular weight excluding hydrogens is 292 g/mol. The van der Waals surface area contributed by atoms with Crippen molar-refractivity contribution in [1.29, 1.82) is 0 Å². The zero-order valence-electron chi connectivity index (χ0n) is 14.0. The minimum Gasteiger partial charge on any atom is -0.453 e. The van der Waals surface area contributed by atoms with Gasteiger partial charge < -0.3 is 14.2 Å². The second kappa shape index (κ2) is 12.7. The molecule has 0 saturated heterocycles. The SMILES string of the molecule is CCCCCC(C#CCOC(C)=O)OCOCc1ccccc1. The normalized spacial score (nSPS) is 11.4. The summed E-state index contributed by atoms with van der Waals surface area (Å²) < 4.78 is 16.0. The van der Waals surface area contributed by atoms with Crippen LogP contribution in [0.3, 0.4) is 0 Å². The van der Waals surface area contributed by atoms with Crippen LogP contribution in [-0.2, 0) is 25.6 Å². The molecule has 0 saturated carbocycles. The van der Waals surface area contributed by atoms with Crippen LogP contribution in [0, 0.1) is 11.8 Å². The molecule has 0 radical (unpaired) electrons. The van der Waals surface area contributed by atoms with Crippen molar-refractivity contribution in [2.75, 3.05) is 13.4 Å². The van der Waals surface area contributed by atoms with Gasteiger partial charge >= 0.3 is 5.97 Å². The Morgan fingerprint density at radius 2 is 2.00 bits per heavy atom. The Morgan fingerprint density at radius 1 is 1.22 bits per heavy atom. The summed E-state index contributed by atoms with van der Waals surface area (Å²) in [6, 6.07) is 9.96. The van der Waals surface area contributed by atoms with Crippen molar-refractivity contribution in [3.63, 3.8) is 0 Å². The lowest BCUT2D eigenvalue weighted by atomic mass is 10.1. The summed E-state index contributed by atoms with van der Waals surface area (Å²) in [6.07, 6.45) is 4.03. The number of carbonyl (C=O) groups excluding carboxylic acids is 1. The van der Waals surface area contributed by atoms with Crippen LogP contribution in [0.4, 0.5) is 0 Å². The third-order valence-electron chi connectivity index (χ3n) is 3.14. The van der Waals surface area contributed by atoms with E-state index in [1.165, 1.54) is 6.92 Å². The van der Waals surface area contributed by atoms with E-state index >= 15 is 0 Å². The first-order valence-electron chi connectivity index (χ1n) is 8.07. The van der Waals surface area contributed by atoms with Crippen molar-refractivity contribution >= 4 is 5.97 Å². The summed E-state index contributed by atoms with van der Waals surface area (Å²) in [5.74, 6) is 5.51. The fraction of sp³-hybridized carbons (Fsp3) is 0.526. The van der Waals surface area contributed by atoms with E-state index in [-0.39, 0.29) is 25.5 Å². The molecule has 0 aliphatic carbocycles. The number of esters is 1. The van der Waals surface area contributed by atoms with Crippen LogP contribution in [-0.4, -0.2) is 25.5 Å². The summed E-state index contributed by atoms with van der Waals surface area (Å²) >= 11 is 0. The average Bonchev–Trinajstić information content (AvgIpc) is 2.55. The van der Waals surface area contributed by atoms with Gasteiger partial charge in [0, 0.05) is 6.92 Å². The molecule has 4 nitrogen and oxygen atoms in total. The van der Waals surface area contributed by atoms with Crippen molar-refractivity contribution < 1.29 is 19.0 Å². The maximum Gasteiger partial charge on any atom is 0.303 e. The van der Waals surface area contributed by atoms with Crippen molar-refractivity contribution in [2.24, 2.45) is 0 Å². The molecule has 0 aromatic heterocycles. The highest BCUT2D eigenvalue weighted by atomic mass is 16.7. The lowest BCUT2D eigenvalue weighted by Crippen LogP contribution is -2.14. The van der Waals surface area contributed by atoms with Gasteiger partial charge in [-0.25, -0.2) is 0 Å². The highest BCUT2D eigenvalue weighted by molar-refractivity contribution is 5.66. The van der Waals surface area contributed by atoms with Crippen molar-refractivity contribution in [2.45, 2.75) is 52.2 Å². The van der Waals surface area contributed by atoms with Gasteiger partial charge in [0.1, 0.15) is 12.9 Å². The summed E-state index contributed by atoms with van der Waals surface area (Å²) in [5, 5.41) is 0. The molecule has 0 heterocycles. The highest BCUT2D eigenvalue weighted by Gasteiger charge is 2.05. The lowest BCUT2D eigenvalue weighted by Gasteiger charge is -2.12. The predicted molar refractivity (Wildman–Crippen MR) is 89.5 cm³/mol. The number of ether oxygens (including phenoxy) is 3. The topological polar surface area (TPSA) is 44.8 Å². The Balaban J connectivity index is 2.31. The first-order chi connectivity index (χ1) is 11.2. The van der Waals surface area contributed by atoms with Gasteiger partial charge in [0.25, 0.3) is 0 Å². The molecule has 23 heavy (non-hydrogen) atoms. The molecule has 0 aliphatic rings. The third-order valence-corrected chi connectivity index (χ3v) is 3.14. The molecular formula is C19H26O4. The number of benzene rings is 1. The minimum absolute atomic E-state index is 0.105. The van der Waals surface area contributed by atoms with Gasteiger partial charge in [-0.2, -0.15) is 0 Å². The van der Waals surface area contributed by atoms with Gasteiger partial charge in [-0.15, -0.1) is 0 Å². The maximum atomic E-state index is 10.7. The molecule has 0 aliphatic heterocycles. The Bertz CT molecular complexity index is 487. The number of unbranched alkanes of at least 4 members (excludes halogenated alkanes) is 2. The van der Waals surface area contributed by atoms with Gasteiger partial charge in [-0.05, 0) is 18.4 Å². The van der Waals surface area contributed by atoms with Crippen LogP contribution in [0.1, 0.15) is 45.1 Å². The monoisotopic (exact) mass is 318 g/mol. The smallest absolute Gasteiger partial charge is 0.303 e. The van der Waals surface area contributed by atoms with E-state index in [1.807, 2.05) is 30.3 Å². The zero-order valence-corrected chi connectivity index (χ0v) is 14.0. The Labute approximate surface area is 139 Å². The minimum atomic E-state index is -0.325. The first kappa shape index (κ1) is 19.2. The second-order valence-corrected chi connectivity index (χ2v) is 5.20. The van der Waals surface area contributed by atoms with E-state index in [0.717, 1.165) is 31.2 Å². The Hall–Kier alpha value is -1.83. The number of hydrogen-bond donors (Lipinski definition) is 0. The molecule has 0 amide bonds. The van der Waals surface area contributed by atoms with Gasteiger partial charge in [0.15, 0.2) is 6.61 Å². The maximum absolute atomic E-state index is 10.7. The molecule has 0 bridgehead atoms. The van der Waals surface area contributed by atoms with Gasteiger partial charge in [-0.3, -0.25) is 4.79 Å². The molecule has 1 aromatic carbocycles. The molecule has 4 heteroatoms. The van der Waals surface area contributed by atoms with Gasteiger partial charge in [0.05, 0.1) is 6.61 Å². The molecule has 0 N–H and O–H groups in total. The molecule has 0 spiro atoms. The van der Waals surface area contributed by atoms with E-state index in [9.17, 15) is 4.79 Å². The highest BCUT2D eigenvalue weighted by Crippen LogP contribution is 2.07. The van der Waals surface area contributed by atoms with Crippen molar-refractivity contribution in [3.8, 4) is 11.8 Å². The largest absolute Gasteiger partial charge is 0.453 e. The summed E-state index contributed by atoms with van der Waals surface area (Å²) in [5.41, 5.74) is 1.11. The predicted octanol–water partition coefficient (Wildman–Crippen LogP) is 3.69. The number of rotatable bonds is 10. The summed E-state index contributed by atoms with van der Waals surface area (Å²) in [4.78, 5) is 10.7. The quantitative estimate of drug-likeness (QED) is 0.286. The van der Waals surface area contributed by atoms with Crippen LogP contribution < -0.4 is 0 Å². The van der Waals surface area contributed by atoms with E-state index in [2.05, 4.69) is 18.8 Å². The van der Waals surface area contributed by atoms with Crippen LogP contribution in [0.2, 0.25) is 0 Å². The van der Waals surface area contributed by atoms with Gasteiger partial charge in [0.2, 0.25) is 0 Å². The molecule has 1 rings (SSSR count). The second-order valence-electron chi connectivity index (χ2n) is 5.20. The van der Waals surface area contributed by atoms with E-state index in [1.54, 1.807) is 0 Å². The van der Waals surface area contributed by atoms with E-state index in [4.69, 9.17) is 14.2 Å². The third kappa shape index (κ3) is 10.5. The number of carbonyl (C=O) groups is 1. The molecule has 1 aromatic rings. The van der Waals surface area contributed by atoms with Crippen LogP contribution >= 0.6 is 0 Å². The van der Waals surface area contributed by atoms with Crippen LogP contribution in [0.15, 0.2) is 30.3 Å². The molecule has 126 valence electrons. The fourth-order valence-corrected chi connectivity index (χ4v) is 1.93. The zero-order chi connectivity index (χ0) is 16.8. The van der Waals surface area contributed by atoms with Crippen molar-refractivity contribution in [3.05, 3.63) is 35.9 Å². The molecule has 1 unspecified atom stereocenters.